The van der Waals surface area contributed by atoms with Crippen LogP contribution in [-0.2, 0) is 15.8 Å². The van der Waals surface area contributed by atoms with Gasteiger partial charge >= 0.3 is 11.9 Å². The Bertz CT molecular complexity index is 1500. The van der Waals surface area contributed by atoms with Crippen LogP contribution in [0, 0.1) is 13.7 Å². The maximum Gasteiger partial charge on any atom is 0.416 e. The van der Waals surface area contributed by atoms with Gasteiger partial charge in [-0.2, -0.15) is 13.2 Å². The monoisotopic (exact) mass is 696 g/mol. The first-order chi connectivity index (χ1) is 20.0. The zero-order chi connectivity index (χ0) is 30.3. The van der Waals surface area contributed by atoms with E-state index in [1.165, 1.54) is 0 Å². The van der Waals surface area contributed by atoms with Crippen molar-refractivity contribution in [3.8, 4) is 17.2 Å². The van der Waals surface area contributed by atoms with Crippen LogP contribution in [0.1, 0.15) is 69.4 Å². The van der Waals surface area contributed by atoms with Gasteiger partial charge in [-0.1, -0.05) is 0 Å². The summed E-state index contributed by atoms with van der Waals surface area (Å²) in [6.45, 7) is 4.58. The van der Waals surface area contributed by atoms with E-state index in [1.54, 1.807) is 19.1 Å². The predicted molar refractivity (Wildman–Crippen MR) is 155 cm³/mol. The van der Waals surface area contributed by atoms with E-state index in [1.807, 2.05) is 29.5 Å². The van der Waals surface area contributed by atoms with E-state index < -0.39 is 28.3 Å². The number of alkyl halides is 3. The van der Waals surface area contributed by atoms with Gasteiger partial charge in [0.05, 0.1) is 20.7 Å². The highest BCUT2D eigenvalue weighted by molar-refractivity contribution is 14.1. The minimum Gasteiger partial charge on any atom is -0.490 e. The molecule has 8 nitrogen and oxygen atoms in total. The molecule has 2 aromatic rings. The van der Waals surface area contributed by atoms with Gasteiger partial charge in [-0.3, -0.25) is 19.7 Å². The van der Waals surface area contributed by atoms with Crippen molar-refractivity contribution < 1.29 is 37.2 Å². The predicted octanol–water partition coefficient (Wildman–Crippen LogP) is 7.84. The Morgan fingerprint density at radius 2 is 1.60 bits per heavy atom. The fourth-order valence-corrected chi connectivity index (χ4v) is 6.82. The topological polar surface area (TPSA) is 99.0 Å². The highest BCUT2D eigenvalue weighted by Gasteiger charge is 2.43. The minimum absolute atomic E-state index is 0.00158. The SMILES string of the molecule is CCOc1cc(C2C3=C(CCCC3=O)N(CC)C3=C2C(=O)CCC3)cc(I)c1Oc1ccc(C(F)(F)F)cc1[N+](=O)[O-]. The summed E-state index contributed by atoms with van der Waals surface area (Å²) in [5.74, 6) is -0.696. The molecular weight excluding hydrogens is 668 g/mol. The van der Waals surface area contributed by atoms with Crippen LogP contribution >= 0.6 is 22.6 Å². The van der Waals surface area contributed by atoms with Gasteiger partial charge in [0.2, 0.25) is 5.75 Å². The van der Waals surface area contributed by atoms with Crippen molar-refractivity contribution in [2.24, 2.45) is 0 Å². The highest BCUT2D eigenvalue weighted by Crippen LogP contribution is 2.51. The molecule has 0 atom stereocenters. The van der Waals surface area contributed by atoms with Crippen LogP contribution in [-0.4, -0.2) is 34.5 Å². The second-order valence-electron chi connectivity index (χ2n) is 10.3. The molecule has 0 saturated carbocycles. The molecule has 3 aliphatic rings. The molecule has 12 heteroatoms. The normalized spacial score (nSPS) is 17.8. The van der Waals surface area contributed by atoms with Gasteiger partial charge < -0.3 is 14.4 Å². The Hall–Kier alpha value is -3.42. The van der Waals surface area contributed by atoms with E-state index in [0.29, 0.717) is 45.7 Å². The van der Waals surface area contributed by atoms with Crippen LogP contribution in [0.5, 0.6) is 17.2 Å². The maximum atomic E-state index is 13.4. The van der Waals surface area contributed by atoms with Gasteiger partial charge in [0.25, 0.3) is 0 Å². The summed E-state index contributed by atoms with van der Waals surface area (Å²) in [4.78, 5) is 39.7. The number of rotatable bonds is 7. The number of nitrogens with zero attached hydrogens (tertiary/aromatic N) is 2. The molecule has 0 aromatic heterocycles. The Labute approximate surface area is 253 Å². The summed E-state index contributed by atoms with van der Waals surface area (Å²) in [7, 11) is 0. The molecule has 0 amide bonds. The molecule has 1 aliphatic heterocycles. The molecule has 0 N–H and O–H groups in total. The molecule has 0 saturated heterocycles. The van der Waals surface area contributed by atoms with Gasteiger partial charge in [-0.05, 0) is 92.0 Å². The smallest absolute Gasteiger partial charge is 0.416 e. The third-order valence-electron chi connectivity index (χ3n) is 7.76. The Kier molecular flexibility index (Phi) is 8.37. The summed E-state index contributed by atoms with van der Waals surface area (Å²) in [6.07, 6.45) is -1.07. The van der Waals surface area contributed by atoms with Crippen LogP contribution in [0.25, 0.3) is 0 Å². The van der Waals surface area contributed by atoms with Gasteiger partial charge in [0.1, 0.15) is 0 Å². The Morgan fingerprint density at radius 1 is 0.976 bits per heavy atom. The maximum absolute atomic E-state index is 13.4. The molecule has 222 valence electrons. The lowest BCUT2D eigenvalue weighted by Crippen LogP contribution is -2.39. The summed E-state index contributed by atoms with van der Waals surface area (Å²) >= 11 is 1.97. The molecule has 5 rings (SSSR count). The molecule has 1 heterocycles. The average molecular weight is 696 g/mol. The molecule has 2 aromatic carbocycles. The second-order valence-corrected chi connectivity index (χ2v) is 11.4. The van der Waals surface area contributed by atoms with Crippen molar-refractivity contribution >= 4 is 39.8 Å². The minimum atomic E-state index is -4.77. The second kappa shape index (κ2) is 11.7. The van der Waals surface area contributed by atoms with Crippen LogP contribution in [0.15, 0.2) is 52.9 Å². The Balaban J connectivity index is 1.65. The van der Waals surface area contributed by atoms with Crippen molar-refractivity contribution in [3.05, 3.63) is 77.7 Å². The lowest BCUT2D eigenvalue weighted by molar-refractivity contribution is -0.385. The molecule has 42 heavy (non-hydrogen) atoms. The molecule has 0 spiro atoms. The zero-order valence-electron chi connectivity index (χ0n) is 23.0. The van der Waals surface area contributed by atoms with E-state index in [-0.39, 0.29) is 35.4 Å². The highest BCUT2D eigenvalue weighted by atomic mass is 127. The third kappa shape index (κ3) is 5.40. The molecule has 0 unspecified atom stereocenters. The van der Waals surface area contributed by atoms with Crippen molar-refractivity contribution in [2.75, 3.05) is 13.2 Å². The first-order valence-corrected chi connectivity index (χ1v) is 14.8. The number of nitro benzene ring substituents is 1. The van der Waals surface area contributed by atoms with Crippen molar-refractivity contribution in [3.63, 3.8) is 0 Å². The van der Waals surface area contributed by atoms with Crippen molar-refractivity contribution in [1.29, 1.82) is 0 Å². The number of ketones is 2. The van der Waals surface area contributed by atoms with Gasteiger partial charge in [-0.15, -0.1) is 0 Å². The first kappa shape index (κ1) is 30.1. The van der Waals surface area contributed by atoms with Gasteiger partial charge in [0, 0.05) is 53.9 Å². The lowest BCUT2D eigenvalue weighted by Gasteiger charge is -2.43. The molecular formula is C30H28F3IN2O6. The first-order valence-electron chi connectivity index (χ1n) is 13.8. The average Bonchev–Trinajstić information content (AvgIpc) is 2.93. The van der Waals surface area contributed by atoms with Crippen LogP contribution in [0.2, 0.25) is 0 Å². The molecule has 2 aliphatic carbocycles. The molecule has 0 radical (unpaired) electrons. The van der Waals surface area contributed by atoms with Crippen LogP contribution < -0.4 is 9.47 Å². The lowest BCUT2D eigenvalue weighted by atomic mass is 9.71. The van der Waals surface area contributed by atoms with E-state index >= 15 is 0 Å². The summed E-state index contributed by atoms with van der Waals surface area (Å²) < 4.78 is 51.9. The number of allylic oxidation sites excluding steroid dienone is 4. The fourth-order valence-electron chi connectivity index (χ4n) is 6.08. The number of carbonyl (C=O) groups excluding carboxylic acids is 2. The number of carbonyl (C=O) groups is 2. The van der Waals surface area contributed by atoms with Crippen molar-refractivity contribution in [2.45, 2.75) is 64.5 Å². The summed E-state index contributed by atoms with van der Waals surface area (Å²) in [6, 6.07) is 5.49. The largest absolute Gasteiger partial charge is 0.490 e. The van der Waals surface area contributed by atoms with Crippen LogP contribution in [0.4, 0.5) is 18.9 Å². The number of benzene rings is 2. The van der Waals surface area contributed by atoms with E-state index in [9.17, 15) is 32.9 Å². The Morgan fingerprint density at radius 3 is 2.12 bits per heavy atom. The fraction of sp³-hybridized carbons (Fsp3) is 0.400. The molecule has 0 bridgehead atoms. The van der Waals surface area contributed by atoms with Gasteiger partial charge in [-0.25, -0.2) is 0 Å². The number of hydrogen-bond donors (Lipinski definition) is 0. The van der Waals surface area contributed by atoms with E-state index in [2.05, 4.69) is 4.90 Å². The number of hydrogen-bond acceptors (Lipinski definition) is 7. The number of nitro groups is 1. The standard InChI is InChI=1S/C30H28F3IN2O6/c1-3-35-19-7-5-9-22(37)27(19)26(28-20(35)8-6-10-23(28)38)16-13-18(34)29(25(14-16)41-4-2)42-24-12-11-17(30(31,32)33)15-21(24)36(39)40/h11-15,26H,3-10H2,1-2H3. The summed E-state index contributed by atoms with van der Waals surface area (Å²) in [5, 5.41) is 11.7. The number of Topliss-reactive ketones (excluding diaryl/α,β-unsaturated/α-hetero) is 2. The van der Waals surface area contributed by atoms with Gasteiger partial charge in [0.15, 0.2) is 23.1 Å². The molecule has 0 fully saturated rings. The zero-order valence-corrected chi connectivity index (χ0v) is 25.1. The number of halogens is 4. The van der Waals surface area contributed by atoms with Crippen molar-refractivity contribution in [1.82, 2.24) is 4.90 Å². The quantitative estimate of drug-likeness (QED) is 0.165. The summed E-state index contributed by atoms with van der Waals surface area (Å²) in [5.41, 5.74) is 1.76. The van der Waals surface area contributed by atoms with E-state index in [4.69, 9.17) is 9.47 Å². The van der Waals surface area contributed by atoms with Crippen LogP contribution in [0.3, 0.4) is 0 Å². The van der Waals surface area contributed by atoms with E-state index in [0.717, 1.165) is 49.2 Å². The number of ether oxygens (including phenoxy) is 2. The third-order valence-corrected chi connectivity index (χ3v) is 8.56.